The molecular weight excluding hydrogens is 168 g/mol. The van der Waals surface area contributed by atoms with Gasteiger partial charge < -0.3 is 15.0 Å². The monoisotopic (exact) mass is 182 g/mol. The average Bonchev–Trinajstić information content (AvgIpc) is 2.15. The van der Waals surface area contributed by atoms with E-state index in [1.165, 1.54) is 0 Å². The number of hydrogen-bond acceptors (Lipinski definition) is 2. The molecule has 0 radical (unpaired) electrons. The second kappa shape index (κ2) is 4.73. The van der Waals surface area contributed by atoms with E-state index in [0.29, 0.717) is 19.8 Å². The topological polar surface area (TPSA) is 41.6 Å². The zero-order valence-corrected chi connectivity index (χ0v) is 7.75. The standard InChI is InChI=1S/C9H14N2O2/c1-3-4-10-9(12)11-5-6-13-7-8(11)2/h1,8H,4-7H2,2H3,(H,10,12)/t8-/m1/s1. The van der Waals surface area contributed by atoms with Crippen LogP contribution in [0.15, 0.2) is 0 Å². The van der Waals surface area contributed by atoms with E-state index in [9.17, 15) is 4.79 Å². The van der Waals surface area contributed by atoms with Gasteiger partial charge >= 0.3 is 6.03 Å². The molecule has 2 amide bonds. The number of hydrogen-bond donors (Lipinski definition) is 1. The minimum atomic E-state index is -0.103. The van der Waals surface area contributed by atoms with Crippen LogP contribution in [0, 0.1) is 12.3 Å². The summed E-state index contributed by atoms with van der Waals surface area (Å²) in [6.07, 6.45) is 5.03. The summed E-state index contributed by atoms with van der Waals surface area (Å²) in [5, 5.41) is 2.63. The number of urea groups is 1. The number of terminal acetylenes is 1. The fourth-order valence-electron chi connectivity index (χ4n) is 1.26. The predicted molar refractivity (Wildman–Crippen MR) is 49.2 cm³/mol. The minimum Gasteiger partial charge on any atom is -0.377 e. The van der Waals surface area contributed by atoms with Gasteiger partial charge in [-0.05, 0) is 6.92 Å². The first-order valence-electron chi connectivity index (χ1n) is 4.31. The van der Waals surface area contributed by atoms with Crippen molar-refractivity contribution in [3.05, 3.63) is 0 Å². The van der Waals surface area contributed by atoms with E-state index in [4.69, 9.17) is 11.2 Å². The zero-order valence-electron chi connectivity index (χ0n) is 7.75. The van der Waals surface area contributed by atoms with Crippen molar-refractivity contribution in [1.29, 1.82) is 0 Å². The van der Waals surface area contributed by atoms with Crippen LogP contribution in [-0.4, -0.2) is 43.3 Å². The first-order valence-corrected chi connectivity index (χ1v) is 4.31. The number of carbonyl (C=O) groups is 1. The Morgan fingerprint density at radius 2 is 2.62 bits per heavy atom. The molecule has 1 aliphatic heterocycles. The highest BCUT2D eigenvalue weighted by atomic mass is 16.5. The number of nitrogens with zero attached hydrogens (tertiary/aromatic N) is 1. The summed E-state index contributed by atoms with van der Waals surface area (Å²) in [7, 11) is 0. The van der Waals surface area contributed by atoms with Crippen LogP contribution in [0.4, 0.5) is 4.79 Å². The maximum absolute atomic E-state index is 11.4. The minimum absolute atomic E-state index is 0.103. The van der Waals surface area contributed by atoms with Crippen molar-refractivity contribution in [1.82, 2.24) is 10.2 Å². The molecule has 1 rings (SSSR count). The Morgan fingerprint density at radius 1 is 1.85 bits per heavy atom. The van der Waals surface area contributed by atoms with Gasteiger partial charge in [0, 0.05) is 6.54 Å². The molecular formula is C9H14N2O2. The van der Waals surface area contributed by atoms with E-state index in [1.807, 2.05) is 6.92 Å². The molecule has 1 aliphatic rings. The Hall–Kier alpha value is -1.21. The first kappa shape index (κ1) is 9.87. The van der Waals surface area contributed by atoms with Crippen molar-refractivity contribution in [3.8, 4) is 12.3 Å². The van der Waals surface area contributed by atoms with Crippen LogP contribution in [0.2, 0.25) is 0 Å². The van der Waals surface area contributed by atoms with Gasteiger partial charge in [-0.1, -0.05) is 5.92 Å². The maximum atomic E-state index is 11.4. The lowest BCUT2D eigenvalue weighted by Gasteiger charge is -2.32. The SMILES string of the molecule is C#CCNC(=O)N1CCOC[C@H]1C. The second-order valence-corrected chi connectivity index (χ2v) is 2.98. The van der Waals surface area contributed by atoms with Gasteiger partial charge in [0.1, 0.15) is 0 Å². The Kier molecular flexibility index (Phi) is 3.59. The molecule has 1 heterocycles. The third kappa shape index (κ3) is 2.63. The highest BCUT2D eigenvalue weighted by Crippen LogP contribution is 2.05. The molecule has 4 nitrogen and oxygen atoms in total. The van der Waals surface area contributed by atoms with Crippen LogP contribution in [0.25, 0.3) is 0 Å². The van der Waals surface area contributed by atoms with E-state index < -0.39 is 0 Å². The Balaban J connectivity index is 2.40. The molecule has 0 aromatic rings. The van der Waals surface area contributed by atoms with Crippen molar-refractivity contribution in [3.63, 3.8) is 0 Å². The molecule has 4 heteroatoms. The number of ether oxygens (including phenoxy) is 1. The predicted octanol–water partition coefficient (Wildman–Crippen LogP) is 0.0499. The molecule has 0 saturated carbocycles. The van der Waals surface area contributed by atoms with Crippen molar-refractivity contribution in [2.24, 2.45) is 0 Å². The van der Waals surface area contributed by atoms with Crippen molar-refractivity contribution < 1.29 is 9.53 Å². The van der Waals surface area contributed by atoms with Crippen LogP contribution < -0.4 is 5.32 Å². The van der Waals surface area contributed by atoms with Gasteiger partial charge in [0.15, 0.2) is 0 Å². The van der Waals surface area contributed by atoms with Crippen LogP contribution in [0.3, 0.4) is 0 Å². The molecule has 0 unspecified atom stereocenters. The number of morpholine rings is 1. The quantitative estimate of drug-likeness (QED) is 0.582. The molecule has 0 aromatic heterocycles. The number of amides is 2. The van der Waals surface area contributed by atoms with Crippen molar-refractivity contribution in [2.45, 2.75) is 13.0 Å². The van der Waals surface area contributed by atoms with E-state index in [2.05, 4.69) is 11.2 Å². The third-order valence-corrected chi connectivity index (χ3v) is 1.97. The maximum Gasteiger partial charge on any atom is 0.318 e. The summed E-state index contributed by atoms with van der Waals surface area (Å²) >= 11 is 0. The lowest BCUT2D eigenvalue weighted by atomic mass is 10.3. The molecule has 0 aliphatic carbocycles. The fraction of sp³-hybridized carbons (Fsp3) is 0.667. The van der Waals surface area contributed by atoms with Crippen molar-refractivity contribution >= 4 is 6.03 Å². The van der Waals surface area contributed by atoms with Crippen LogP contribution >= 0.6 is 0 Å². The summed E-state index contributed by atoms with van der Waals surface area (Å²) in [5.74, 6) is 2.36. The molecule has 1 N–H and O–H groups in total. The summed E-state index contributed by atoms with van der Waals surface area (Å²) in [4.78, 5) is 13.2. The van der Waals surface area contributed by atoms with Gasteiger partial charge in [-0.2, -0.15) is 0 Å². The molecule has 1 atom stereocenters. The average molecular weight is 182 g/mol. The molecule has 72 valence electrons. The normalized spacial score (nSPS) is 22.2. The second-order valence-electron chi connectivity index (χ2n) is 2.98. The van der Waals surface area contributed by atoms with Gasteiger partial charge in [0.25, 0.3) is 0 Å². The number of nitrogens with one attached hydrogen (secondary N) is 1. The van der Waals surface area contributed by atoms with E-state index in [-0.39, 0.29) is 18.6 Å². The lowest BCUT2D eigenvalue weighted by Crippen LogP contribution is -2.51. The molecule has 0 bridgehead atoms. The summed E-state index contributed by atoms with van der Waals surface area (Å²) in [6, 6.07) is 0.0280. The summed E-state index contributed by atoms with van der Waals surface area (Å²) in [6.45, 7) is 4.08. The van der Waals surface area contributed by atoms with Gasteiger partial charge in [-0.15, -0.1) is 6.42 Å². The van der Waals surface area contributed by atoms with Gasteiger partial charge in [0.05, 0.1) is 25.8 Å². The number of rotatable bonds is 1. The van der Waals surface area contributed by atoms with Gasteiger partial charge in [-0.3, -0.25) is 0 Å². The third-order valence-electron chi connectivity index (χ3n) is 1.97. The number of carbonyl (C=O) groups excluding carboxylic acids is 1. The smallest absolute Gasteiger partial charge is 0.318 e. The molecule has 1 saturated heterocycles. The molecule has 13 heavy (non-hydrogen) atoms. The van der Waals surface area contributed by atoms with Gasteiger partial charge in [-0.25, -0.2) is 4.79 Å². The summed E-state index contributed by atoms with van der Waals surface area (Å²) in [5.41, 5.74) is 0. The molecule has 0 spiro atoms. The van der Waals surface area contributed by atoms with Gasteiger partial charge in [0.2, 0.25) is 0 Å². The molecule has 0 aromatic carbocycles. The highest BCUT2D eigenvalue weighted by molar-refractivity contribution is 5.74. The largest absolute Gasteiger partial charge is 0.377 e. The Morgan fingerprint density at radius 3 is 3.23 bits per heavy atom. The fourth-order valence-corrected chi connectivity index (χ4v) is 1.26. The van der Waals surface area contributed by atoms with E-state index >= 15 is 0 Å². The van der Waals surface area contributed by atoms with E-state index in [0.717, 1.165) is 0 Å². The van der Waals surface area contributed by atoms with Crippen LogP contribution in [0.1, 0.15) is 6.92 Å². The van der Waals surface area contributed by atoms with E-state index in [1.54, 1.807) is 4.90 Å². The zero-order chi connectivity index (χ0) is 9.68. The highest BCUT2D eigenvalue weighted by Gasteiger charge is 2.22. The Bertz CT molecular complexity index is 222. The Labute approximate surface area is 78.2 Å². The lowest BCUT2D eigenvalue weighted by molar-refractivity contribution is 0.0193. The van der Waals surface area contributed by atoms with Crippen molar-refractivity contribution in [2.75, 3.05) is 26.3 Å². The van der Waals surface area contributed by atoms with Crippen LogP contribution in [0.5, 0.6) is 0 Å². The molecule has 1 fully saturated rings. The summed E-state index contributed by atoms with van der Waals surface area (Å²) < 4.78 is 5.20. The van der Waals surface area contributed by atoms with Crippen LogP contribution in [-0.2, 0) is 4.74 Å². The first-order chi connectivity index (χ1) is 6.25.